The Hall–Kier alpha value is -3.82. The molecule has 0 N–H and O–H groups in total. The van der Waals surface area contributed by atoms with Crippen molar-refractivity contribution < 1.29 is 23.5 Å². The number of amides is 2. The molecule has 0 atom stereocenters. The summed E-state index contributed by atoms with van der Waals surface area (Å²) in [6.45, 7) is 5.95. The van der Waals surface area contributed by atoms with Gasteiger partial charge in [0.05, 0.1) is 12.2 Å². The molecule has 0 fully saturated rings. The molecule has 2 bridgehead atoms. The topological polar surface area (TPSA) is 99.4 Å². The van der Waals surface area contributed by atoms with Crippen molar-refractivity contribution >= 4 is 17.8 Å². The quantitative estimate of drug-likeness (QED) is 0.502. The lowest BCUT2D eigenvalue weighted by Crippen LogP contribution is -2.41. The third-order valence-electron chi connectivity index (χ3n) is 4.81. The molecule has 2 aromatic heterocycles. The van der Waals surface area contributed by atoms with Crippen LogP contribution in [0.4, 0.5) is 15.0 Å². The van der Waals surface area contributed by atoms with Gasteiger partial charge in [-0.3, -0.25) is 4.79 Å². The van der Waals surface area contributed by atoms with Gasteiger partial charge in [0.2, 0.25) is 0 Å². The summed E-state index contributed by atoms with van der Waals surface area (Å²) in [5.41, 5.74) is -0.398. The number of halogens is 1. The third-order valence-corrected chi connectivity index (χ3v) is 4.81. The Kier molecular flexibility index (Phi) is 6.08. The average Bonchev–Trinajstić information content (AvgIpc) is 3.20. The maximum Gasteiger partial charge on any atom is 0.423 e. The number of ether oxygens (including phenoxy) is 2. The Morgan fingerprint density at radius 2 is 2.00 bits per heavy atom. The van der Waals surface area contributed by atoms with Crippen LogP contribution in [-0.2, 0) is 11.3 Å². The van der Waals surface area contributed by atoms with Gasteiger partial charge in [-0.05, 0) is 57.9 Å². The number of anilines is 1. The summed E-state index contributed by atoms with van der Waals surface area (Å²) in [5, 5.41) is 8.13. The minimum atomic E-state index is -0.916. The van der Waals surface area contributed by atoms with E-state index < -0.39 is 23.4 Å². The molecular weight excluding hydrogens is 429 g/mol. The molecule has 9 nitrogen and oxygen atoms in total. The largest absolute Gasteiger partial charge is 0.493 e. The van der Waals surface area contributed by atoms with Crippen molar-refractivity contribution in [1.29, 1.82) is 0 Å². The molecule has 0 radical (unpaired) electrons. The zero-order valence-electron chi connectivity index (χ0n) is 18.6. The van der Waals surface area contributed by atoms with E-state index in [0.29, 0.717) is 24.5 Å². The van der Waals surface area contributed by atoms with Crippen LogP contribution in [0.2, 0.25) is 0 Å². The van der Waals surface area contributed by atoms with Crippen molar-refractivity contribution in [2.45, 2.75) is 45.8 Å². The first-order valence-corrected chi connectivity index (χ1v) is 10.6. The maximum atomic E-state index is 14.0. The van der Waals surface area contributed by atoms with Gasteiger partial charge in [0.25, 0.3) is 5.91 Å². The molecule has 0 unspecified atom stereocenters. The molecule has 33 heavy (non-hydrogen) atoms. The number of pyridine rings is 1. The van der Waals surface area contributed by atoms with Crippen LogP contribution in [-0.4, -0.2) is 44.0 Å². The zero-order chi connectivity index (χ0) is 23.6. The second kappa shape index (κ2) is 8.97. The molecule has 2 amide bonds. The van der Waals surface area contributed by atoms with E-state index in [1.807, 2.05) is 4.57 Å². The van der Waals surface area contributed by atoms with Crippen molar-refractivity contribution in [1.82, 2.24) is 19.7 Å². The first-order chi connectivity index (χ1) is 15.7. The number of aryl methyl sites for hydroxylation is 1. The monoisotopic (exact) mass is 453 g/mol. The van der Waals surface area contributed by atoms with E-state index in [1.54, 1.807) is 39.2 Å². The molecule has 0 saturated carbocycles. The van der Waals surface area contributed by atoms with E-state index in [4.69, 9.17) is 9.47 Å². The molecule has 10 heteroatoms. The Labute approximate surface area is 190 Å². The molecule has 1 aromatic carbocycles. The lowest BCUT2D eigenvalue weighted by atomic mass is 10.1. The summed E-state index contributed by atoms with van der Waals surface area (Å²) in [7, 11) is 0. The van der Waals surface area contributed by atoms with E-state index in [2.05, 4.69) is 15.2 Å². The lowest BCUT2D eigenvalue weighted by molar-refractivity contribution is 0.0562. The highest BCUT2D eigenvalue weighted by molar-refractivity contribution is 6.19. The molecule has 1 aliphatic heterocycles. The highest BCUT2D eigenvalue weighted by Crippen LogP contribution is 2.28. The fourth-order valence-electron chi connectivity index (χ4n) is 3.36. The third kappa shape index (κ3) is 5.00. The minimum Gasteiger partial charge on any atom is -0.493 e. The summed E-state index contributed by atoms with van der Waals surface area (Å²) >= 11 is 0. The number of hydrogen-bond acceptors (Lipinski definition) is 7. The van der Waals surface area contributed by atoms with Gasteiger partial charge in [0.1, 0.15) is 35.0 Å². The van der Waals surface area contributed by atoms with Gasteiger partial charge in [0, 0.05) is 12.6 Å². The van der Waals surface area contributed by atoms with Crippen LogP contribution in [0.25, 0.3) is 11.5 Å². The predicted molar refractivity (Wildman–Crippen MR) is 117 cm³/mol. The standard InChI is InChI=1S/C23H24FN5O4/c1-23(2,3)33-22(31)29-19-8-6-7-17(26-19)20-27-25-14-28(20)11-4-5-12-32-18-13-15(24)9-10-16(18)21(29)30/h6-10,13-14H,4-5,11-12H2,1-3H3. The number of carbonyl (C=O) groups excluding carboxylic acids is 2. The van der Waals surface area contributed by atoms with Crippen LogP contribution in [0.5, 0.6) is 5.75 Å². The summed E-state index contributed by atoms with van der Waals surface area (Å²) < 4.78 is 27.0. The van der Waals surface area contributed by atoms with Crippen LogP contribution < -0.4 is 9.64 Å². The second-order valence-corrected chi connectivity index (χ2v) is 8.55. The maximum absolute atomic E-state index is 14.0. The molecule has 0 saturated heterocycles. The number of benzene rings is 1. The number of nitrogens with zero attached hydrogens (tertiary/aromatic N) is 5. The van der Waals surface area contributed by atoms with E-state index in [-0.39, 0.29) is 23.7 Å². The normalized spacial score (nSPS) is 14.5. The van der Waals surface area contributed by atoms with Crippen LogP contribution in [0.15, 0.2) is 42.7 Å². The van der Waals surface area contributed by atoms with Gasteiger partial charge in [-0.1, -0.05) is 6.07 Å². The predicted octanol–water partition coefficient (Wildman–Crippen LogP) is 4.23. The SMILES string of the molecule is CC(C)(C)OC(=O)N1C(=O)c2ccc(F)cc2OCCCCn2cnnc2-c2cccc1n2. The second-order valence-electron chi connectivity index (χ2n) is 8.55. The van der Waals surface area contributed by atoms with Gasteiger partial charge in [0.15, 0.2) is 5.82 Å². The van der Waals surface area contributed by atoms with E-state index in [9.17, 15) is 14.0 Å². The number of fused-ring (bicyclic) bond motifs is 5. The van der Waals surface area contributed by atoms with Gasteiger partial charge < -0.3 is 14.0 Å². The van der Waals surface area contributed by atoms with E-state index in [0.717, 1.165) is 23.5 Å². The van der Waals surface area contributed by atoms with Crippen LogP contribution in [0.3, 0.4) is 0 Å². The van der Waals surface area contributed by atoms with Crippen molar-refractivity contribution in [2.24, 2.45) is 0 Å². The molecule has 0 aliphatic carbocycles. The lowest BCUT2D eigenvalue weighted by Gasteiger charge is -2.26. The first kappa shape index (κ1) is 22.4. The van der Waals surface area contributed by atoms with E-state index in [1.165, 1.54) is 12.1 Å². The van der Waals surface area contributed by atoms with Gasteiger partial charge >= 0.3 is 6.09 Å². The van der Waals surface area contributed by atoms with Crippen LogP contribution in [0.1, 0.15) is 44.0 Å². The van der Waals surface area contributed by atoms with Crippen molar-refractivity contribution in [2.75, 3.05) is 11.5 Å². The van der Waals surface area contributed by atoms with Crippen molar-refractivity contribution in [3.63, 3.8) is 0 Å². The van der Waals surface area contributed by atoms with Crippen molar-refractivity contribution in [3.05, 3.63) is 54.1 Å². The first-order valence-electron chi connectivity index (χ1n) is 10.6. The van der Waals surface area contributed by atoms with E-state index >= 15 is 0 Å². The average molecular weight is 453 g/mol. The molecule has 3 heterocycles. The number of hydrogen-bond donors (Lipinski definition) is 0. The summed E-state index contributed by atoms with van der Waals surface area (Å²) in [6.07, 6.45) is 2.07. The highest BCUT2D eigenvalue weighted by atomic mass is 19.1. The number of imide groups is 1. The number of aromatic nitrogens is 4. The Morgan fingerprint density at radius 3 is 2.79 bits per heavy atom. The fourth-order valence-corrected chi connectivity index (χ4v) is 3.36. The summed E-state index contributed by atoms with van der Waals surface area (Å²) in [6, 6.07) is 8.46. The van der Waals surface area contributed by atoms with Crippen LogP contribution >= 0.6 is 0 Å². The summed E-state index contributed by atoms with van der Waals surface area (Å²) in [5.74, 6) is -0.711. The molecule has 3 aromatic rings. The molecular formula is C23H24FN5O4. The van der Waals surface area contributed by atoms with Gasteiger partial charge in [-0.2, -0.15) is 4.90 Å². The number of carbonyl (C=O) groups is 2. The smallest absolute Gasteiger partial charge is 0.423 e. The molecule has 0 spiro atoms. The summed E-state index contributed by atoms with van der Waals surface area (Å²) in [4.78, 5) is 32.1. The molecule has 1 aliphatic rings. The van der Waals surface area contributed by atoms with Crippen molar-refractivity contribution in [3.8, 4) is 17.3 Å². The van der Waals surface area contributed by atoms with Gasteiger partial charge in [-0.15, -0.1) is 10.2 Å². The Balaban J connectivity index is 1.87. The van der Waals surface area contributed by atoms with Gasteiger partial charge in [-0.25, -0.2) is 14.2 Å². The van der Waals surface area contributed by atoms with Crippen LogP contribution in [0, 0.1) is 5.82 Å². The Morgan fingerprint density at radius 1 is 1.18 bits per heavy atom. The zero-order valence-corrected chi connectivity index (χ0v) is 18.6. The number of rotatable bonds is 0. The molecule has 172 valence electrons. The molecule has 4 rings (SSSR count). The Bertz CT molecular complexity index is 1190. The minimum absolute atomic E-state index is 0.0229. The highest BCUT2D eigenvalue weighted by Gasteiger charge is 2.33. The fraction of sp³-hybridized carbons (Fsp3) is 0.348.